The fraction of sp³-hybridized carbons (Fsp3) is 0.400. The number of aryl methyl sites for hydroxylation is 1. The van der Waals surface area contributed by atoms with Crippen LogP contribution >= 0.6 is 0 Å². The minimum atomic E-state index is -0.622. The van der Waals surface area contributed by atoms with Gasteiger partial charge < -0.3 is 15.0 Å². The second kappa shape index (κ2) is 9.76. The van der Waals surface area contributed by atoms with Gasteiger partial charge >= 0.3 is 0 Å². The Labute approximate surface area is 164 Å². The summed E-state index contributed by atoms with van der Waals surface area (Å²) in [5.74, 6) is -0.872. The number of carbonyl (C=O) groups is 1. The summed E-state index contributed by atoms with van der Waals surface area (Å²) in [6.45, 7) is 4.09. The number of carbonyl (C=O) groups excluding carboxylic acids is 1. The zero-order valence-electron chi connectivity index (χ0n) is 16.5. The van der Waals surface area contributed by atoms with Crippen molar-refractivity contribution in [1.29, 1.82) is 5.26 Å². The average molecular weight is 385 g/mol. The lowest BCUT2D eigenvalue weighted by Gasteiger charge is -2.20. The summed E-state index contributed by atoms with van der Waals surface area (Å²) in [5, 5.41) is 11.9. The third kappa shape index (κ3) is 5.24. The largest absolute Gasteiger partial charge is 0.385 e. The Balaban J connectivity index is 2.34. The summed E-state index contributed by atoms with van der Waals surface area (Å²) >= 11 is 0. The van der Waals surface area contributed by atoms with Gasteiger partial charge in [-0.1, -0.05) is 0 Å². The van der Waals surface area contributed by atoms with Gasteiger partial charge in [-0.15, -0.1) is 0 Å². The Hall–Kier alpha value is -3.05. The minimum absolute atomic E-state index is 0.0236. The topological polar surface area (TPSA) is 90.1 Å². The van der Waals surface area contributed by atoms with Gasteiger partial charge in [-0.2, -0.15) is 5.26 Å². The molecule has 1 unspecified atom stereocenters. The maximum atomic E-state index is 14.0. The van der Waals surface area contributed by atoms with E-state index >= 15 is 0 Å². The second-order valence-corrected chi connectivity index (χ2v) is 6.52. The van der Waals surface area contributed by atoms with Crippen molar-refractivity contribution in [1.82, 2.24) is 4.90 Å². The minimum Gasteiger partial charge on any atom is -0.385 e. The first-order valence-electron chi connectivity index (χ1n) is 8.90. The molecule has 0 bridgehead atoms. The number of amides is 1. The van der Waals surface area contributed by atoms with Crippen molar-refractivity contribution in [3.8, 4) is 6.07 Å². The lowest BCUT2D eigenvalue weighted by Crippen LogP contribution is -2.33. The summed E-state index contributed by atoms with van der Waals surface area (Å²) in [5.41, 5.74) is 1.72. The summed E-state index contributed by atoms with van der Waals surface area (Å²) in [4.78, 5) is 22.9. The maximum Gasteiger partial charge on any atom is 0.235 e. The molecule has 28 heavy (non-hydrogen) atoms. The molecular formula is C20H24FN5O2. The highest BCUT2D eigenvalue weighted by Crippen LogP contribution is 2.21. The molecular weight excluding hydrogens is 361 g/mol. The number of nitrogens with zero attached hydrogens (tertiary/aromatic N) is 4. The van der Waals surface area contributed by atoms with E-state index in [-0.39, 0.29) is 17.4 Å². The number of guanidine groups is 1. The van der Waals surface area contributed by atoms with Crippen LogP contribution in [0.4, 0.5) is 10.1 Å². The molecule has 1 aliphatic rings. The highest BCUT2D eigenvalue weighted by Gasteiger charge is 2.25. The van der Waals surface area contributed by atoms with Crippen molar-refractivity contribution in [2.45, 2.75) is 26.7 Å². The summed E-state index contributed by atoms with van der Waals surface area (Å²) in [6.07, 6.45) is 4.34. The molecule has 2 rings (SSSR count). The fourth-order valence-corrected chi connectivity index (χ4v) is 2.82. The van der Waals surface area contributed by atoms with Gasteiger partial charge in [0.2, 0.25) is 11.9 Å². The van der Waals surface area contributed by atoms with E-state index < -0.39 is 11.7 Å². The van der Waals surface area contributed by atoms with Gasteiger partial charge in [0.15, 0.2) is 0 Å². The predicted molar refractivity (Wildman–Crippen MR) is 107 cm³/mol. The number of aliphatic imine (C=N–C) groups is 2. The van der Waals surface area contributed by atoms with E-state index in [2.05, 4.69) is 15.3 Å². The summed E-state index contributed by atoms with van der Waals surface area (Å²) in [6, 6.07) is 4.52. The van der Waals surface area contributed by atoms with Crippen LogP contribution in [-0.4, -0.2) is 43.2 Å². The number of nitrogens with one attached hydrogen (secondary N) is 1. The van der Waals surface area contributed by atoms with Crippen LogP contribution < -0.4 is 5.32 Å². The number of methoxy groups -OCH3 is 1. The third-order valence-corrected chi connectivity index (χ3v) is 4.44. The lowest BCUT2D eigenvalue weighted by molar-refractivity contribution is -0.129. The van der Waals surface area contributed by atoms with Crippen molar-refractivity contribution >= 4 is 23.3 Å². The molecule has 1 atom stereocenters. The smallest absolute Gasteiger partial charge is 0.235 e. The molecule has 1 aromatic rings. The molecule has 1 heterocycles. The SMILES string of the molecule is COCCCC1C(=O)N(C)/C=C/N=C(Nc2cc(F)c(C#N)cc2C)/N=C/1C. The van der Waals surface area contributed by atoms with Crippen molar-refractivity contribution in [2.24, 2.45) is 15.9 Å². The molecule has 0 aliphatic carbocycles. The molecule has 1 aromatic carbocycles. The summed E-state index contributed by atoms with van der Waals surface area (Å²) in [7, 11) is 3.29. The molecule has 1 aliphatic heterocycles. The predicted octanol–water partition coefficient (Wildman–Crippen LogP) is 3.22. The van der Waals surface area contributed by atoms with Crippen LogP contribution in [0.5, 0.6) is 0 Å². The monoisotopic (exact) mass is 385 g/mol. The van der Waals surface area contributed by atoms with E-state index in [4.69, 9.17) is 10.00 Å². The molecule has 0 fully saturated rings. The molecule has 0 radical (unpaired) electrons. The molecule has 1 amide bonds. The van der Waals surface area contributed by atoms with Crippen LogP contribution in [0, 0.1) is 30.0 Å². The number of hydrogen-bond donors (Lipinski definition) is 1. The van der Waals surface area contributed by atoms with E-state index in [1.807, 2.05) is 6.07 Å². The number of hydrogen-bond acceptors (Lipinski definition) is 6. The van der Waals surface area contributed by atoms with Crippen LogP contribution in [0.3, 0.4) is 0 Å². The lowest BCUT2D eigenvalue weighted by atomic mass is 9.97. The molecule has 0 spiro atoms. The normalized spacial score (nSPS) is 22.1. The van der Waals surface area contributed by atoms with Gasteiger partial charge in [-0.3, -0.25) is 4.79 Å². The fourth-order valence-electron chi connectivity index (χ4n) is 2.82. The van der Waals surface area contributed by atoms with E-state index in [0.29, 0.717) is 30.0 Å². The number of ether oxygens (including phenoxy) is 1. The quantitative estimate of drug-likeness (QED) is 0.788. The zero-order valence-corrected chi connectivity index (χ0v) is 16.5. The number of anilines is 1. The standard InChI is InChI=1S/C20H24FN5O2/c1-13-10-15(12-22)17(21)11-18(13)25-20-23-7-8-26(3)19(27)16(14(2)24-20)6-5-9-28-4/h7-8,10-11,16H,5-6,9H2,1-4H3,(H,23,25)/b8-7+,24-14+. The van der Waals surface area contributed by atoms with Crippen LogP contribution in [0.1, 0.15) is 30.9 Å². The summed E-state index contributed by atoms with van der Waals surface area (Å²) < 4.78 is 19.1. The number of benzene rings is 1. The molecule has 0 saturated carbocycles. The van der Waals surface area contributed by atoms with Crippen molar-refractivity contribution in [3.63, 3.8) is 0 Å². The second-order valence-electron chi connectivity index (χ2n) is 6.52. The third-order valence-electron chi connectivity index (χ3n) is 4.44. The van der Waals surface area contributed by atoms with Gasteiger partial charge in [0.1, 0.15) is 11.9 Å². The van der Waals surface area contributed by atoms with Crippen molar-refractivity contribution < 1.29 is 13.9 Å². The van der Waals surface area contributed by atoms with Crippen LogP contribution in [0.25, 0.3) is 0 Å². The number of rotatable bonds is 5. The van der Waals surface area contributed by atoms with Gasteiger partial charge in [0.05, 0.1) is 11.5 Å². The highest BCUT2D eigenvalue weighted by molar-refractivity contribution is 6.10. The Morgan fingerprint density at radius 3 is 2.82 bits per heavy atom. The van der Waals surface area contributed by atoms with E-state index in [0.717, 1.165) is 6.42 Å². The number of halogens is 1. The zero-order chi connectivity index (χ0) is 20.7. The average Bonchev–Trinajstić information content (AvgIpc) is 2.70. The molecule has 148 valence electrons. The molecule has 1 N–H and O–H groups in total. The van der Waals surface area contributed by atoms with Crippen LogP contribution in [0.2, 0.25) is 0 Å². The van der Waals surface area contributed by atoms with Gasteiger partial charge in [-0.05, 0) is 44.4 Å². The van der Waals surface area contributed by atoms with Gasteiger partial charge in [0.25, 0.3) is 0 Å². The number of nitriles is 1. The first-order valence-corrected chi connectivity index (χ1v) is 8.90. The molecule has 0 saturated heterocycles. The molecule has 8 heteroatoms. The Bertz CT molecular complexity index is 870. The van der Waals surface area contributed by atoms with Crippen LogP contribution in [-0.2, 0) is 9.53 Å². The first-order chi connectivity index (χ1) is 13.4. The first kappa shape index (κ1) is 21.3. The van der Waals surface area contributed by atoms with E-state index in [9.17, 15) is 9.18 Å². The molecule has 7 nitrogen and oxygen atoms in total. The maximum absolute atomic E-state index is 14.0. The van der Waals surface area contributed by atoms with Crippen molar-refractivity contribution in [3.05, 3.63) is 41.5 Å². The Morgan fingerprint density at radius 1 is 1.39 bits per heavy atom. The highest BCUT2D eigenvalue weighted by atomic mass is 19.1. The van der Waals surface area contributed by atoms with E-state index in [1.54, 1.807) is 34.2 Å². The van der Waals surface area contributed by atoms with Gasteiger partial charge in [0, 0.05) is 44.6 Å². The van der Waals surface area contributed by atoms with E-state index in [1.165, 1.54) is 23.2 Å². The van der Waals surface area contributed by atoms with Crippen LogP contribution in [0.15, 0.2) is 34.5 Å². The van der Waals surface area contributed by atoms with Crippen molar-refractivity contribution in [2.75, 3.05) is 26.1 Å². The van der Waals surface area contributed by atoms with Gasteiger partial charge in [-0.25, -0.2) is 14.4 Å². The Morgan fingerprint density at radius 2 is 2.14 bits per heavy atom. The Kier molecular flexibility index (Phi) is 7.41. The molecule has 0 aromatic heterocycles.